The van der Waals surface area contributed by atoms with Crippen LogP contribution in [0.2, 0.25) is 0 Å². The summed E-state index contributed by atoms with van der Waals surface area (Å²) in [7, 11) is 0. The van der Waals surface area contributed by atoms with E-state index in [1.165, 1.54) is 11.1 Å². The number of ether oxygens (including phenoxy) is 1. The van der Waals surface area contributed by atoms with Crippen LogP contribution in [0.3, 0.4) is 0 Å². The van der Waals surface area contributed by atoms with E-state index in [1.54, 1.807) is 0 Å². The van der Waals surface area contributed by atoms with Crippen molar-refractivity contribution in [3.8, 4) is 5.75 Å². The standard InChI is InChI=1S/C21H21NO2/c1-15-10-11-18(14-16(15)2)24-13-12-22-21(23)20-9-5-7-17-6-3-4-8-19(17)20/h3-11,14H,12-13H2,1-2H3,(H,22,23). The van der Waals surface area contributed by atoms with Gasteiger partial charge in [-0.3, -0.25) is 4.79 Å². The van der Waals surface area contributed by atoms with E-state index in [0.29, 0.717) is 18.7 Å². The van der Waals surface area contributed by atoms with Crippen LogP contribution in [0.4, 0.5) is 0 Å². The molecule has 0 aromatic heterocycles. The highest BCUT2D eigenvalue weighted by atomic mass is 16.5. The first-order chi connectivity index (χ1) is 11.6. The van der Waals surface area contributed by atoms with Crippen LogP contribution in [0.25, 0.3) is 10.8 Å². The van der Waals surface area contributed by atoms with Gasteiger partial charge in [0, 0.05) is 5.56 Å². The van der Waals surface area contributed by atoms with Crippen LogP contribution in [0.15, 0.2) is 60.7 Å². The average Bonchev–Trinajstić information content (AvgIpc) is 2.61. The largest absolute Gasteiger partial charge is 0.492 e. The summed E-state index contributed by atoms with van der Waals surface area (Å²) in [4.78, 5) is 12.4. The van der Waals surface area contributed by atoms with Crippen LogP contribution in [0.5, 0.6) is 5.75 Å². The average molecular weight is 319 g/mol. The van der Waals surface area contributed by atoms with Gasteiger partial charge in [0.05, 0.1) is 6.54 Å². The third kappa shape index (κ3) is 3.57. The van der Waals surface area contributed by atoms with Crippen LogP contribution in [0.1, 0.15) is 21.5 Å². The number of rotatable bonds is 5. The van der Waals surface area contributed by atoms with Crippen molar-refractivity contribution in [2.24, 2.45) is 0 Å². The summed E-state index contributed by atoms with van der Waals surface area (Å²) in [6, 6.07) is 19.7. The minimum Gasteiger partial charge on any atom is -0.492 e. The second-order valence-corrected chi connectivity index (χ2v) is 5.88. The van der Waals surface area contributed by atoms with E-state index in [9.17, 15) is 4.79 Å². The molecule has 0 heterocycles. The van der Waals surface area contributed by atoms with Gasteiger partial charge in [0.25, 0.3) is 5.91 Å². The lowest BCUT2D eigenvalue weighted by atomic mass is 10.0. The molecule has 0 unspecified atom stereocenters. The van der Waals surface area contributed by atoms with E-state index in [-0.39, 0.29) is 5.91 Å². The Balaban J connectivity index is 1.58. The second kappa shape index (κ2) is 7.18. The van der Waals surface area contributed by atoms with E-state index >= 15 is 0 Å². The molecule has 1 amide bonds. The normalized spacial score (nSPS) is 10.6. The SMILES string of the molecule is Cc1ccc(OCCNC(=O)c2cccc3ccccc23)cc1C. The first-order valence-corrected chi connectivity index (χ1v) is 8.11. The van der Waals surface area contributed by atoms with E-state index < -0.39 is 0 Å². The van der Waals surface area contributed by atoms with Gasteiger partial charge in [-0.2, -0.15) is 0 Å². The summed E-state index contributed by atoms with van der Waals surface area (Å²) in [6.45, 7) is 5.04. The van der Waals surface area contributed by atoms with E-state index in [2.05, 4.69) is 19.2 Å². The number of carbonyl (C=O) groups excluding carboxylic acids is 1. The van der Waals surface area contributed by atoms with Gasteiger partial charge in [-0.25, -0.2) is 0 Å². The Kier molecular flexibility index (Phi) is 4.80. The fraction of sp³-hybridized carbons (Fsp3) is 0.190. The summed E-state index contributed by atoms with van der Waals surface area (Å²) < 4.78 is 5.70. The van der Waals surface area contributed by atoms with Crippen molar-refractivity contribution >= 4 is 16.7 Å². The predicted octanol–water partition coefficient (Wildman–Crippen LogP) is 4.27. The highest BCUT2D eigenvalue weighted by molar-refractivity contribution is 6.06. The number of fused-ring (bicyclic) bond motifs is 1. The number of benzene rings is 3. The topological polar surface area (TPSA) is 38.3 Å². The Labute approximate surface area is 142 Å². The minimum atomic E-state index is -0.0736. The minimum absolute atomic E-state index is 0.0736. The first-order valence-electron chi connectivity index (χ1n) is 8.11. The maximum absolute atomic E-state index is 12.4. The molecule has 122 valence electrons. The molecule has 0 bridgehead atoms. The molecule has 3 heteroatoms. The van der Waals surface area contributed by atoms with Crippen molar-refractivity contribution in [3.63, 3.8) is 0 Å². The number of hydrogen-bond donors (Lipinski definition) is 1. The lowest BCUT2D eigenvalue weighted by Gasteiger charge is -2.10. The summed E-state index contributed by atoms with van der Waals surface area (Å²) in [5.74, 6) is 0.757. The summed E-state index contributed by atoms with van der Waals surface area (Å²) in [6.07, 6.45) is 0. The molecule has 0 fully saturated rings. The van der Waals surface area contributed by atoms with Crippen molar-refractivity contribution in [1.82, 2.24) is 5.32 Å². The molecule has 3 aromatic carbocycles. The van der Waals surface area contributed by atoms with E-state index in [0.717, 1.165) is 16.5 Å². The molecule has 0 atom stereocenters. The van der Waals surface area contributed by atoms with Crippen molar-refractivity contribution < 1.29 is 9.53 Å². The Morgan fingerprint density at radius 2 is 1.75 bits per heavy atom. The van der Waals surface area contributed by atoms with Gasteiger partial charge in [-0.1, -0.05) is 42.5 Å². The van der Waals surface area contributed by atoms with Crippen LogP contribution >= 0.6 is 0 Å². The molecule has 0 aliphatic heterocycles. The zero-order valence-corrected chi connectivity index (χ0v) is 14.0. The van der Waals surface area contributed by atoms with Gasteiger partial charge in [0.2, 0.25) is 0 Å². The number of carbonyl (C=O) groups is 1. The molecule has 0 saturated heterocycles. The molecule has 3 aromatic rings. The maximum Gasteiger partial charge on any atom is 0.252 e. The Hall–Kier alpha value is -2.81. The molecule has 0 aliphatic rings. The molecule has 1 N–H and O–H groups in total. The quantitative estimate of drug-likeness (QED) is 0.713. The molecular weight excluding hydrogens is 298 g/mol. The van der Waals surface area contributed by atoms with Gasteiger partial charge < -0.3 is 10.1 Å². The summed E-state index contributed by atoms with van der Waals surface area (Å²) in [5.41, 5.74) is 3.14. The number of aryl methyl sites for hydroxylation is 2. The molecule has 0 saturated carbocycles. The van der Waals surface area contributed by atoms with Crippen LogP contribution in [-0.4, -0.2) is 19.1 Å². The van der Waals surface area contributed by atoms with Crippen LogP contribution in [0, 0.1) is 13.8 Å². The molecule has 3 nitrogen and oxygen atoms in total. The highest BCUT2D eigenvalue weighted by Gasteiger charge is 2.08. The van der Waals surface area contributed by atoms with E-state index in [4.69, 9.17) is 4.74 Å². The highest BCUT2D eigenvalue weighted by Crippen LogP contribution is 2.18. The predicted molar refractivity (Wildman–Crippen MR) is 97.7 cm³/mol. The Bertz CT molecular complexity index is 865. The number of hydrogen-bond acceptors (Lipinski definition) is 2. The smallest absolute Gasteiger partial charge is 0.252 e. The van der Waals surface area contributed by atoms with Gasteiger partial charge in [0.15, 0.2) is 0 Å². The third-order valence-corrected chi connectivity index (χ3v) is 4.17. The van der Waals surface area contributed by atoms with Crippen molar-refractivity contribution in [3.05, 3.63) is 77.4 Å². The molecule has 0 spiro atoms. The third-order valence-electron chi connectivity index (χ3n) is 4.17. The lowest BCUT2D eigenvalue weighted by molar-refractivity contribution is 0.0948. The monoisotopic (exact) mass is 319 g/mol. The number of amides is 1. The van der Waals surface area contributed by atoms with Crippen molar-refractivity contribution in [2.45, 2.75) is 13.8 Å². The first kappa shape index (κ1) is 16.1. The molecular formula is C21H21NO2. The second-order valence-electron chi connectivity index (χ2n) is 5.88. The molecule has 0 aliphatic carbocycles. The van der Waals surface area contributed by atoms with Gasteiger partial charge in [0.1, 0.15) is 12.4 Å². The Morgan fingerprint density at radius 3 is 2.58 bits per heavy atom. The summed E-state index contributed by atoms with van der Waals surface area (Å²) in [5, 5.41) is 4.95. The van der Waals surface area contributed by atoms with E-state index in [1.807, 2.05) is 60.7 Å². The lowest BCUT2D eigenvalue weighted by Crippen LogP contribution is -2.28. The van der Waals surface area contributed by atoms with Gasteiger partial charge >= 0.3 is 0 Å². The van der Waals surface area contributed by atoms with Crippen molar-refractivity contribution in [1.29, 1.82) is 0 Å². The number of nitrogens with one attached hydrogen (secondary N) is 1. The maximum atomic E-state index is 12.4. The van der Waals surface area contributed by atoms with Gasteiger partial charge in [-0.05, 0) is 53.9 Å². The van der Waals surface area contributed by atoms with Crippen LogP contribution in [-0.2, 0) is 0 Å². The van der Waals surface area contributed by atoms with Crippen molar-refractivity contribution in [2.75, 3.05) is 13.2 Å². The summed E-state index contributed by atoms with van der Waals surface area (Å²) >= 11 is 0. The fourth-order valence-electron chi connectivity index (χ4n) is 2.66. The molecule has 3 rings (SSSR count). The zero-order valence-electron chi connectivity index (χ0n) is 14.0. The fourth-order valence-corrected chi connectivity index (χ4v) is 2.66. The Morgan fingerprint density at radius 1 is 0.958 bits per heavy atom. The zero-order chi connectivity index (χ0) is 16.9. The van der Waals surface area contributed by atoms with Gasteiger partial charge in [-0.15, -0.1) is 0 Å². The van der Waals surface area contributed by atoms with Crippen LogP contribution < -0.4 is 10.1 Å². The molecule has 0 radical (unpaired) electrons. The molecule has 24 heavy (non-hydrogen) atoms.